The highest BCUT2D eigenvalue weighted by Crippen LogP contribution is 2.18. The minimum atomic E-state index is 0.293. The molecule has 0 radical (unpaired) electrons. The van der Waals surface area contributed by atoms with Crippen molar-refractivity contribution in [3.8, 4) is 11.8 Å². The zero-order valence-electron chi connectivity index (χ0n) is 7.68. The molecule has 0 unspecified atom stereocenters. The summed E-state index contributed by atoms with van der Waals surface area (Å²) in [6, 6.07) is 9.02. The summed E-state index contributed by atoms with van der Waals surface area (Å²) in [5.41, 5.74) is 6.93. The van der Waals surface area contributed by atoms with E-state index in [0.29, 0.717) is 16.4 Å². The smallest absolute Gasteiger partial charge is 0.164 e. The highest BCUT2D eigenvalue weighted by Gasteiger charge is 2.04. The summed E-state index contributed by atoms with van der Waals surface area (Å²) in [5.74, 6) is 0.293. The second-order valence-corrected chi connectivity index (χ2v) is 3.37. The number of anilines is 1. The highest BCUT2D eigenvalue weighted by molar-refractivity contribution is 6.32. The third-order valence-corrected chi connectivity index (χ3v) is 2.25. The predicted molar refractivity (Wildman–Crippen MR) is 57.7 cm³/mol. The van der Waals surface area contributed by atoms with Crippen LogP contribution < -0.4 is 5.73 Å². The van der Waals surface area contributed by atoms with Gasteiger partial charge in [-0.1, -0.05) is 11.6 Å². The van der Waals surface area contributed by atoms with E-state index in [4.69, 9.17) is 22.6 Å². The van der Waals surface area contributed by atoms with Gasteiger partial charge in [-0.25, -0.2) is 4.68 Å². The second-order valence-electron chi connectivity index (χ2n) is 2.97. The van der Waals surface area contributed by atoms with Crippen molar-refractivity contribution in [3.63, 3.8) is 0 Å². The zero-order valence-corrected chi connectivity index (χ0v) is 8.44. The van der Waals surface area contributed by atoms with Gasteiger partial charge in [0.05, 0.1) is 23.5 Å². The van der Waals surface area contributed by atoms with Crippen LogP contribution in [0.25, 0.3) is 5.69 Å². The first-order chi connectivity index (χ1) is 7.20. The molecule has 0 bridgehead atoms. The molecule has 1 heterocycles. The average Bonchev–Trinajstić information content (AvgIpc) is 2.59. The summed E-state index contributed by atoms with van der Waals surface area (Å²) in [6.45, 7) is 0. The molecule has 74 valence electrons. The Morgan fingerprint density at radius 3 is 2.47 bits per heavy atom. The Labute approximate surface area is 91.5 Å². The largest absolute Gasteiger partial charge is 0.381 e. The lowest BCUT2D eigenvalue weighted by atomic mass is 10.2. The Morgan fingerprint density at radius 1 is 1.33 bits per heavy atom. The van der Waals surface area contributed by atoms with Crippen molar-refractivity contribution in [1.82, 2.24) is 9.78 Å². The fraction of sp³-hybridized carbons (Fsp3) is 0. The van der Waals surface area contributed by atoms with Crippen molar-refractivity contribution in [1.29, 1.82) is 5.26 Å². The molecule has 0 amide bonds. The molecule has 15 heavy (non-hydrogen) atoms. The van der Waals surface area contributed by atoms with Crippen LogP contribution in [0.3, 0.4) is 0 Å². The summed E-state index contributed by atoms with van der Waals surface area (Å²) in [5, 5.41) is 13.1. The number of rotatable bonds is 1. The van der Waals surface area contributed by atoms with E-state index in [9.17, 15) is 0 Å². The van der Waals surface area contributed by atoms with Gasteiger partial charge in [0.1, 0.15) is 5.02 Å². The predicted octanol–water partition coefficient (Wildman–Crippen LogP) is 1.98. The van der Waals surface area contributed by atoms with Crippen LogP contribution in [0.2, 0.25) is 5.02 Å². The topological polar surface area (TPSA) is 67.6 Å². The van der Waals surface area contributed by atoms with Crippen LogP contribution in [-0.4, -0.2) is 9.78 Å². The standard InChI is InChI=1S/C10H7ClN4/c11-9-6-15(14-10(9)13)8-3-1-7(5-12)2-4-8/h1-4,6H,(H2,13,14). The number of aromatic nitrogens is 2. The number of hydrogen-bond acceptors (Lipinski definition) is 3. The SMILES string of the molecule is N#Cc1ccc(-n2cc(Cl)c(N)n2)cc1. The van der Waals surface area contributed by atoms with Gasteiger partial charge in [-0.2, -0.15) is 5.26 Å². The van der Waals surface area contributed by atoms with Crippen molar-refractivity contribution in [2.75, 3.05) is 5.73 Å². The monoisotopic (exact) mass is 218 g/mol. The fourth-order valence-corrected chi connectivity index (χ4v) is 1.32. The van der Waals surface area contributed by atoms with Gasteiger partial charge in [0, 0.05) is 0 Å². The second kappa shape index (κ2) is 3.64. The molecule has 0 aliphatic heterocycles. The third-order valence-electron chi connectivity index (χ3n) is 1.96. The summed E-state index contributed by atoms with van der Waals surface area (Å²) in [7, 11) is 0. The summed E-state index contributed by atoms with van der Waals surface area (Å²) in [4.78, 5) is 0. The number of nitrogens with two attached hydrogens (primary N) is 1. The van der Waals surface area contributed by atoms with Gasteiger partial charge in [-0.05, 0) is 24.3 Å². The average molecular weight is 219 g/mol. The molecular weight excluding hydrogens is 212 g/mol. The van der Waals surface area contributed by atoms with Crippen LogP contribution in [0.1, 0.15) is 5.56 Å². The van der Waals surface area contributed by atoms with E-state index >= 15 is 0 Å². The first-order valence-corrected chi connectivity index (χ1v) is 4.59. The fourth-order valence-electron chi connectivity index (χ4n) is 1.19. The lowest BCUT2D eigenvalue weighted by Gasteiger charge is -1.99. The maximum absolute atomic E-state index is 8.63. The van der Waals surface area contributed by atoms with Crippen LogP contribution in [0.4, 0.5) is 5.82 Å². The molecule has 0 fully saturated rings. The molecule has 1 aromatic heterocycles. The molecule has 0 saturated heterocycles. The molecule has 0 aliphatic carbocycles. The van der Waals surface area contributed by atoms with E-state index < -0.39 is 0 Å². The molecule has 0 aliphatic rings. The lowest BCUT2D eigenvalue weighted by molar-refractivity contribution is 0.886. The summed E-state index contributed by atoms with van der Waals surface area (Å²) >= 11 is 5.78. The Bertz CT molecular complexity index is 502. The van der Waals surface area contributed by atoms with E-state index in [1.165, 1.54) is 0 Å². The van der Waals surface area contributed by atoms with Gasteiger partial charge in [0.25, 0.3) is 0 Å². The highest BCUT2D eigenvalue weighted by atomic mass is 35.5. The van der Waals surface area contributed by atoms with Crippen molar-refractivity contribution < 1.29 is 0 Å². The lowest BCUT2D eigenvalue weighted by Crippen LogP contribution is -1.95. The third kappa shape index (κ3) is 1.78. The number of halogens is 1. The molecule has 0 atom stereocenters. The summed E-state index contributed by atoms with van der Waals surface area (Å²) < 4.78 is 1.57. The molecule has 5 heteroatoms. The number of nitriles is 1. The molecular formula is C10H7ClN4. The van der Waals surface area contributed by atoms with Crippen LogP contribution in [0.5, 0.6) is 0 Å². The molecule has 2 aromatic rings. The van der Waals surface area contributed by atoms with E-state index in [1.54, 1.807) is 35.1 Å². The molecule has 0 saturated carbocycles. The maximum atomic E-state index is 8.63. The van der Waals surface area contributed by atoms with Crippen molar-refractivity contribution in [2.45, 2.75) is 0 Å². The van der Waals surface area contributed by atoms with Crippen molar-refractivity contribution >= 4 is 17.4 Å². The number of nitrogens with zero attached hydrogens (tertiary/aromatic N) is 3. The zero-order chi connectivity index (χ0) is 10.8. The quantitative estimate of drug-likeness (QED) is 0.796. The van der Waals surface area contributed by atoms with Crippen LogP contribution in [0.15, 0.2) is 30.5 Å². The van der Waals surface area contributed by atoms with Gasteiger partial charge in [-0.3, -0.25) is 0 Å². The minimum absolute atomic E-state index is 0.293. The molecule has 2 N–H and O–H groups in total. The Balaban J connectivity index is 2.42. The van der Waals surface area contributed by atoms with Crippen molar-refractivity contribution in [3.05, 3.63) is 41.0 Å². The summed E-state index contributed by atoms with van der Waals surface area (Å²) in [6.07, 6.45) is 1.62. The Kier molecular flexibility index (Phi) is 2.32. The van der Waals surface area contributed by atoms with Gasteiger partial charge in [0.2, 0.25) is 0 Å². The normalized spacial score (nSPS) is 9.87. The van der Waals surface area contributed by atoms with Gasteiger partial charge in [-0.15, -0.1) is 5.10 Å². The van der Waals surface area contributed by atoms with Crippen LogP contribution in [-0.2, 0) is 0 Å². The van der Waals surface area contributed by atoms with Crippen molar-refractivity contribution in [2.24, 2.45) is 0 Å². The Hall–Kier alpha value is -1.99. The minimum Gasteiger partial charge on any atom is -0.381 e. The molecule has 4 nitrogen and oxygen atoms in total. The van der Waals surface area contributed by atoms with E-state index in [1.807, 2.05) is 6.07 Å². The first-order valence-electron chi connectivity index (χ1n) is 4.22. The van der Waals surface area contributed by atoms with Gasteiger partial charge in [0.15, 0.2) is 5.82 Å². The van der Waals surface area contributed by atoms with Gasteiger partial charge < -0.3 is 5.73 Å². The molecule has 1 aromatic carbocycles. The Morgan fingerprint density at radius 2 is 2.00 bits per heavy atom. The maximum Gasteiger partial charge on any atom is 0.164 e. The van der Waals surface area contributed by atoms with E-state index in [-0.39, 0.29) is 0 Å². The first kappa shape index (κ1) is 9.56. The van der Waals surface area contributed by atoms with E-state index in [0.717, 1.165) is 5.69 Å². The number of hydrogen-bond donors (Lipinski definition) is 1. The van der Waals surface area contributed by atoms with Gasteiger partial charge >= 0.3 is 0 Å². The molecule has 0 spiro atoms. The van der Waals surface area contributed by atoms with Crippen LogP contribution in [0, 0.1) is 11.3 Å². The number of nitrogen functional groups attached to an aromatic ring is 1. The van der Waals surface area contributed by atoms with Crippen LogP contribution >= 0.6 is 11.6 Å². The molecule has 2 rings (SSSR count). The number of benzene rings is 1. The van der Waals surface area contributed by atoms with E-state index in [2.05, 4.69) is 5.10 Å².